The molecule has 1 aliphatic rings. The smallest absolute Gasteiger partial charge is 0.310 e. The van der Waals surface area contributed by atoms with Crippen LogP contribution in [0.4, 0.5) is 5.82 Å². The van der Waals surface area contributed by atoms with Crippen LogP contribution in [0.15, 0.2) is 17.8 Å². The molecule has 1 atom stereocenters. The van der Waals surface area contributed by atoms with Crippen molar-refractivity contribution in [1.82, 2.24) is 9.97 Å². The van der Waals surface area contributed by atoms with Crippen molar-refractivity contribution in [2.75, 3.05) is 25.1 Å². The molecule has 2 aromatic rings. The van der Waals surface area contributed by atoms with Gasteiger partial charge in [-0.3, -0.25) is 4.79 Å². The molecule has 1 unspecified atom stereocenters. The predicted octanol–water partition coefficient (Wildman–Crippen LogP) is 2.08. The third-order valence-corrected chi connectivity index (χ3v) is 4.32. The maximum absolute atomic E-state index is 11.7. The van der Waals surface area contributed by atoms with Gasteiger partial charge in [-0.15, -0.1) is 11.3 Å². The Kier molecular flexibility index (Phi) is 3.33. The summed E-state index contributed by atoms with van der Waals surface area (Å²) in [5.74, 6) is 0.752. The summed E-state index contributed by atoms with van der Waals surface area (Å²) in [5, 5.41) is 3.09. The van der Waals surface area contributed by atoms with E-state index in [9.17, 15) is 4.79 Å². The first-order chi connectivity index (χ1) is 9.29. The predicted molar refractivity (Wildman–Crippen MR) is 74.4 cm³/mol. The lowest BCUT2D eigenvalue weighted by atomic mass is 9.98. The fourth-order valence-corrected chi connectivity index (χ4v) is 3.28. The molecule has 0 spiro atoms. The molecule has 6 heteroatoms. The average molecular weight is 277 g/mol. The van der Waals surface area contributed by atoms with Crippen molar-refractivity contribution in [1.29, 1.82) is 0 Å². The van der Waals surface area contributed by atoms with E-state index in [2.05, 4.69) is 14.9 Å². The molecule has 0 aliphatic carbocycles. The van der Waals surface area contributed by atoms with Crippen LogP contribution < -0.4 is 4.90 Å². The van der Waals surface area contributed by atoms with Crippen molar-refractivity contribution in [3.05, 3.63) is 17.8 Å². The number of ether oxygens (including phenoxy) is 1. The third kappa shape index (κ3) is 2.28. The lowest BCUT2D eigenvalue weighted by Crippen LogP contribution is -2.39. The van der Waals surface area contributed by atoms with Crippen molar-refractivity contribution in [3.8, 4) is 0 Å². The number of hydrogen-bond donors (Lipinski definition) is 0. The largest absolute Gasteiger partial charge is 0.469 e. The number of aromatic nitrogens is 2. The van der Waals surface area contributed by atoms with Gasteiger partial charge in [-0.25, -0.2) is 9.97 Å². The fraction of sp³-hybridized carbons (Fsp3) is 0.462. The summed E-state index contributed by atoms with van der Waals surface area (Å²) in [5.41, 5.74) is 0. The molecule has 0 aromatic carbocycles. The van der Waals surface area contributed by atoms with Gasteiger partial charge in [0.15, 0.2) is 0 Å². The van der Waals surface area contributed by atoms with Crippen LogP contribution in [-0.4, -0.2) is 36.1 Å². The van der Waals surface area contributed by atoms with Crippen molar-refractivity contribution < 1.29 is 9.53 Å². The zero-order valence-electron chi connectivity index (χ0n) is 10.7. The van der Waals surface area contributed by atoms with E-state index in [4.69, 9.17) is 4.74 Å². The second-order valence-corrected chi connectivity index (χ2v) is 5.54. The molecule has 0 amide bonds. The van der Waals surface area contributed by atoms with Crippen LogP contribution in [0.3, 0.4) is 0 Å². The Morgan fingerprint density at radius 3 is 3.26 bits per heavy atom. The number of piperidine rings is 1. The third-order valence-electron chi connectivity index (χ3n) is 3.50. The van der Waals surface area contributed by atoms with Crippen LogP contribution in [0.2, 0.25) is 0 Å². The van der Waals surface area contributed by atoms with Gasteiger partial charge in [0.25, 0.3) is 0 Å². The van der Waals surface area contributed by atoms with Crippen LogP contribution in [0.1, 0.15) is 12.8 Å². The van der Waals surface area contributed by atoms with Gasteiger partial charge in [-0.05, 0) is 24.3 Å². The number of fused-ring (bicyclic) bond motifs is 1. The molecule has 0 N–H and O–H groups in total. The fourth-order valence-electron chi connectivity index (χ4n) is 2.56. The normalized spacial score (nSPS) is 19.6. The van der Waals surface area contributed by atoms with Crippen molar-refractivity contribution in [2.45, 2.75) is 12.8 Å². The maximum Gasteiger partial charge on any atom is 0.310 e. The van der Waals surface area contributed by atoms with Crippen LogP contribution in [0, 0.1) is 5.92 Å². The van der Waals surface area contributed by atoms with E-state index in [1.54, 1.807) is 17.7 Å². The van der Waals surface area contributed by atoms with Gasteiger partial charge in [0.2, 0.25) is 0 Å². The van der Waals surface area contributed by atoms with Crippen LogP contribution in [0.25, 0.3) is 10.2 Å². The number of esters is 1. The van der Waals surface area contributed by atoms with Gasteiger partial charge in [0.1, 0.15) is 17.0 Å². The molecular weight excluding hydrogens is 262 g/mol. The second-order valence-electron chi connectivity index (χ2n) is 4.65. The van der Waals surface area contributed by atoms with Crippen LogP contribution >= 0.6 is 11.3 Å². The lowest BCUT2D eigenvalue weighted by Gasteiger charge is -2.32. The molecule has 2 aromatic heterocycles. The second kappa shape index (κ2) is 5.13. The summed E-state index contributed by atoms with van der Waals surface area (Å²) >= 11 is 1.61. The molecule has 100 valence electrons. The maximum atomic E-state index is 11.7. The van der Waals surface area contributed by atoms with Crippen molar-refractivity contribution in [2.24, 2.45) is 5.92 Å². The van der Waals surface area contributed by atoms with Gasteiger partial charge in [0, 0.05) is 13.1 Å². The molecule has 1 saturated heterocycles. The number of hydrogen-bond acceptors (Lipinski definition) is 6. The Morgan fingerprint density at radius 2 is 2.42 bits per heavy atom. The Morgan fingerprint density at radius 1 is 1.53 bits per heavy atom. The molecule has 1 fully saturated rings. The van der Waals surface area contributed by atoms with Gasteiger partial charge in [-0.2, -0.15) is 0 Å². The van der Waals surface area contributed by atoms with Gasteiger partial charge >= 0.3 is 5.97 Å². The number of anilines is 1. The van der Waals surface area contributed by atoms with Crippen molar-refractivity contribution in [3.63, 3.8) is 0 Å². The number of carbonyl (C=O) groups is 1. The zero-order chi connectivity index (χ0) is 13.2. The Hall–Kier alpha value is -1.69. The average Bonchev–Trinajstić information content (AvgIpc) is 2.94. The van der Waals surface area contributed by atoms with E-state index in [0.29, 0.717) is 6.54 Å². The molecule has 1 aliphatic heterocycles. The van der Waals surface area contributed by atoms with E-state index < -0.39 is 0 Å². The molecule has 3 rings (SSSR count). The van der Waals surface area contributed by atoms with Gasteiger partial charge < -0.3 is 9.64 Å². The first-order valence-corrected chi connectivity index (χ1v) is 7.18. The highest BCUT2D eigenvalue weighted by Gasteiger charge is 2.28. The number of thiophene rings is 1. The monoisotopic (exact) mass is 277 g/mol. The summed E-state index contributed by atoms with van der Waals surface area (Å²) in [7, 11) is 1.45. The molecular formula is C13H15N3O2S. The Bertz CT molecular complexity index is 598. The van der Waals surface area contributed by atoms with E-state index in [-0.39, 0.29) is 11.9 Å². The summed E-state index contributed by atoms with van der Waals surface area (Å²) < 4.78 is 4.85. The minimum atomic E-state index is -0.125. The summed E-state index contributed by atoms with van der Waals surface area (Å²) in [4.78, 5) is 23.5. The highest BCUT2D eigenvalue weighted by molar-refractivity contribution is 7.16. The molecule has 5 nitrogen and oxygen atoms in total. The number of carbonyl (C=O) groups excluding carboxylic acids is 1. The molecule has 0 saturated carbocycles. The summed E-state index contributed by atoms with van der Waals surface area (Å²) in [6.07, 6.45) is 3.46. The molecule has 0 bridgehead atoms. The number of nitrogens with zero attached hydrogens (tertiary/aromatic N) is 3. The Balaban J connectivity index is 1.89. The Labute approximate surface area is 115 Å². The number of methoxy groups -OCH3 is 1. The summed E-state index contributed by atoms with van der Waals surface area (Å²) in [6.45, 7) is 1.60. The molecule has 3 heterocycles. The molecule has 0 radical (unpaired) electrons. The van der Waals surface area contributed by atoms with E-state index in [1.807, 2.05) is 11.4 Å². The van der Waals surface area contributed by atoms with Crippen LogP contribution in [-0.2, 0) is 9.53 Å². The van der Waals surface area contributed by atoms with Crippen LogP contribution in [0.5, 0.6) is 0 Å². The quantitative estimate of drug-likeness (QED) is 0.787. The van der Waals surface area contributed by atoms with Gasteiger partial charge in [-0.1, -0.05) is 0 Å². The minimum absolute atomic E-state index is 0.0533. The van der Waals surface area contributed by atoms with Crippen molar-refractivity contribution >= 4 is 33.3 Å². The first kappa shape index (κ1) is 12.3. The van der Waals surface area contributed by atoms with E-state index in [0.717, 1.165) is 35.4 Å². The van der Waals surface area contributed by atoms with E-state index in [1.165, 1.54) is 7.11 Å². The lowest BCUT2D eigenvalue weighted by molar-refractivity contribution is -0.145. The topological polar surface area (TPSA) is 55.3 Å². The highest BCUT2D eigenvalue weighted by atomic mass is 32.1. The zero-order valence-corrected chi connectivity index (χ0v) is 11.5. The standard InChI is InChI=1S/C13H15N3O2S/c1-18-13(17)9-3-2-5-16(7-9)11-10-4-6-19-12(10)15-8-14-11/h4,6,8-9H,2-3,5,7H2,1H3. The first-order valence-electron chi connectivity index (χ1n) is 6.30. The molecule has 19 heavy (non-hydrogen) atoms. The highest BCUT2D eigenvalue weighted by Crippen LogP contribution is 2.30. The van der Waals surface area contributed by atoms with Gasteiger partial charge in [0.05, 0.1) is 18.4 Å². The SMILES string of the molecule is COC(=O)C1CCCN(c2ncnc3sccc23)C1. The van der Waals surface area contributed by atoms with E-state index >= 15 is 0 Å². The summed E-state index contributed by atoms with van der Waals surface area (Å²) in [6, 6.07) is 2.04. The number of rotatable bonds is 2. The minimum Gasteiger partial charge on any atom is -0.469 e.